The van der Waals surface area contributed by atoms with Crippen molar-refractivity contribution < 1.29 is 9.31 Å². The molecule has 0 aliphatic carbocycles. The van der Waals surface area contributed by atoms with Gasteiger partial charge in [0.2, 0.25) is 0 Å². The molecule has 1 aliphatic rings. The standard InChI is InChI=1S/C23H20N2O/c1-25(2)22(24)15-18-14-21(17-9-4-3-5-10-17)26-23-19-11-7-6-8-16(19)12-13-20(18)23/h3-15,24H,1-2H3/p+1/b18-15+. The number of nitrogens with two attached hydrogens (primary N) is 1. The molecule has 0 amide bonds. The maximum Gasteiger partial charge on any atom is 0.267 e. The summed E-state index contributed by atoms with van der Waals surface area (Å²) in [7, 11) is 3.88. The summed E-state index contributed by atoms with van der Waals surface area (Å²) < 4.78 is 8.26. The van der Waals surface area contributed by atoms with Crippen molar-refractivity contribution in [3.63, 3.8) is 0 Å². The molecule has 0 saturated carbocycles. The molecule has 0 aromatic heterocycles. The molecule has 0 unspecified atom stereocenters. The number of hydrogen-bond donors (Lipinski definition) is 1. The van der Waals surface area contributed by atoms with Crippen LogP contribution >= 0.6 is 0 Å². The third kappa shape index (κ3) is 2.88. The lowest BCUT2D eigenvalue weighted by atomic mass is 9.95. The summed E-state index contributed by atoms with van der Waals surface area (Å²) in [5.74, 6) is 2.40. The van der Waals surface area contributed by atoms with E-state index in [-0.39, 0.29) is 0 Å². The van der Waals surface area contributed by atoms with Crippen LogP contribution in [0.2, 0.25) is 0 Å². The Morgan fingerprint density at radius 3 is 2.42 bits per heavy atom. The summed E-state index contributed by atoms with van der Waals surface area (Å²) in [6.07, 6.45) is 4.06. The molecule has 2 N–H and O–H groups in total. The van der Waals surface area contributed by atoms with Crippen LogP contribution in [0.15, 0.2) is 78.9 Å². The van der Waals surface area contributed by atoms with Crippen molar-refractivity contribution in [2.45, 2.75) is 0 Å². The molecule has 0 bridgehead atoms. The average molecular weight is 341 g/mol. The molecule has 1 heterocycles. The van der Waals surface area contributed by atoms with Gasteiger partial charge in [-0.05, 0) is 23.1 Å². The van der Waals surface area contributed by atoms with Gasteiger partial charge in [-0.1, -0.05) is 60.7 Å². The molecule has 1 aliphatic heterocycles. The second-order valence-electron chi connectivity index (χ2n) is 6.56. The van der Waals surface area contributed by atoms with Crippen molar-refractivity contribution in [2.24, 2.45) is 5.73 Å². The Morgan fingerprint density at radius 2 is 1.65 bits per heavy atom. The van der Waals surface area contributed by atoms with E-state index in [1.807, 2.05) is 55.1 Å². The third-order valence-corrected chi connectivity index (χ3v) is 4.57. The number of benzene rings is 3. The fraction of sp³-hybridized carbons (Fsp3) is 0.0870. The molecule has 0 saturated heterocycles. The van der Waals surface area contributed by atoms with E-state index in [2.05, 4.69) is 42.5 Å². The van der Waals surface area contributed by atoms with Crippen molar-refractivity contribution >= 4 is 27.9 Å². The Balaban J connectivity index is 1.97. The van der Waals surface area contributed by atoms with E-state index in [1.54, 1.807) is 0 Å². The van der Waals surface area contributed by atoms with Gasteiger partial charge in [0.25, 0.3) is 5.84 Å². The first kappa shape index (κ1) is 16.2. The summed E-state index contributed by atoms with van der Waals surface area (Å²) in [5.41, 5.74) is 9.33. The van der Waals surface area contributed by atoms with Crippen molar-refractivity contribution in [1.82, 2.24) is 0 Å². The molecule has 26 heavy (non-hydrogen) atoms. The van der Waals surface area contributed by atoms with Crippen LogP contribution in [-0.2, 0) is 0 Å². The minimum atomic E-state index is 0.699. The minimum absolute atomic E-state index is 0.699. The smallest absolute Gasteiger partial charge is 0.267 e. The highest BCUT2D eigenvalue weighted by molar-refractivity contribution is 6.04. The van der Waals surface area contributed by atoms with E-state index < -0.39 is 0 Å². The maximum absolute atomic E-state index is 6.36. The summed E-state index contributed by atoms with van der Waals surface area (Å²) in [6, 6.07) is 22.6. The predicted octanol–water partition coefficient (Wildman–Crippen LogP) is 4.29. The highest BCUT2D eigenvalue weighted by Crippen LogP contribution is 2.41. The molecule has 3 aromatic rings. The molecule has 0 atom stereocenters. The highest BCUT2D eigenvalue weighted by Gasteiger charge is 2.21. The quantitative estimate of drug-likeness (QED) is 0.429. The Kier molecular flexibility index (Phi) is 4.05. The number of hydrogen-bond acceptors (Lipinski definition) is 1. The van der Waals surface area contributed by atoms with Crippen molar-refractivity contribution in [2.75, 3.05) is 14.1 Å². The fourth-order valence-corrected chi connectivity index (χ4v) is 3.09. The lowest BCUT2D eigenvalue weighted by molar-refractivity contribution is -0.464. The maximum atomic E-state index is 6.36. The lowest BCUT2D eigenvalue weighted by Gasteiger charge is -2.22. The monoisotopic (exact) mass is 341 g/mol. The molecule has 3 aromatic carbocycles. The summed E-state index contributed by atoms with van der Waals surface area (Å²) in [5, 5.41) is 2.25. The number of fused-ring (bicyclic) bond motifs is 3. The predicted molar refractivity (Wildman–Crippen MR) is 108 cm³/mol. The Morgan fingerprint density at radius 1 is 0.923 bits per heavy atom. The Hall–Kier alpha value is -3.33. The second kappa shape index (κ2) is 6.52. The summed E-state index contributed by atoms with van der Waals surface area (Å²) in [6.45, 7) is 0. The van der Waals surface area contributed by atoms with Crippen LogP contribution in [0.25, 0.3) is 22.1 Å². The number of allylic oxidation sites excluding steroid dienone is 2. The molecule has 0 spiro atoms. The van der Waals surface area contributed by atoms with Gasteiger partial charge >= 0.3 is 0 Å². The zero-order chi connectivity index (χ0) is 18.1. The van der Waals surface area contributed by atoms with Gasteiger partial charge in [0.15, 0.2) is 0 Å². The van der Waals surface area contributed by atoms with Crippen LogP contribution < -0.4 is 10.5 Å². The first-order valence-electron chi connectivity index (χ1n) is 8.62. The van der Waals surface area contributed by atoms with E-state index in [4.69, 9.17) is 10.5 Å². The zero-order valence-corrected chi connectivity index (χ0v) is 14.9. The van der Waals surface area contributed by atoms with Crippen molar-refractivity contribution in [1.29, 1.82) is 0 Å². The molecule has 4 rings (SSSR count). The van der Waals surface area contributed by atoms with Crippen LogP contribution in [0.5, 0.6) is 5.75 Å². The number of ether oxygens (including phenoxy) is 1. The molecule has 3 heteroatoms. The number of amidine groups is 1. The van der Waals surface area contributed by atoms with E-state index in [1.165, 1.54) is 0 Å². The average Bonchev–Trinajstić information content (AvgIpc) is 2.68. The highest BCUT2D eigenvalue weighted by atomic mass is 16.5. The van der Waals surface area contributed by atoms with Crippen LogP contribution in [0, 0.1) is 0 Å². The van der Waals surface area contributed by atoms with E-state index in [0.29, 0.717) is 5.84 Å². The van der Waals surface area contributed by atoms with Crippen LogP contribution in [0.1, 0.15) is 11.1 Å². The normalized spacial score (nSPS) is 14.5. The van der Waals surface area contributed by atoms with Gasteiger partial charge in [-0.3, -0.25) is 10.3 Å². The molecule has 128 valence electrons. The van der Waals surface area contributed by atoms with Gasteiger partial charge in [-0.25, -0.2) is 0 Å². The van der Waals surface area contributed by atoms with Gasteiger partial charge in [0.05, 0.1) is 14.1 Å². The molecule has 0 radical (unpaired) electrons. The fourth-order valence-electron chi connectivity index (χ4n) is 3.09. The molecule has 0 fully saturated rings. The first-order chi connectivity index (χ1) is 12.6. The summed E-state index contributed by atoms with van der Waals surface area (Å²) in [4.78, 5) is 0. The van der Waals surface area contributed by atoms with E-state index >= 15 is 0 Å². The van der Waals surface area contributed by atoms with Crippen LogP contribution in [0.4, 0.5) is 0 Å². The molecular weight excluding hydrogens is 320 g/mol. The lowest BCUT2D eigenvalue weighted by Crippen LogP contribution is -2.21. The Labute approximate surface area is 153 Å². The van der Waals surface area contributed by atoms with Crippen LogP contribution in [0.3, 0.4) is 0 Å². The van der Waals surface area contributed by atoms with E-state index in [9.17, 15) is 0 Å². The topological polar surface area (TPSA) is 38.3 Å². The van der Waals surface area contributed by atoms with Gasteiger partial charge in [-0.15, -0.1) is 0 Å². The Bertz CT molecular complexity index is 1070. The zero-order valence-electron chi connectivity index (χ0n) is 14.9. The van der Waals surface area contributed by atoms with Gasteiger partial charge < -0.3 is 4.74 Å². The molecule has 3 nitrogen and oxygen atoms in total. The minimum Gasteiger partial charge on any atom is -0.455 e. The van der Waals surface area contributed by atoms with Gasteiger partial charge in [0, 0.05) is 22.6 Å². The first-order valence-corrected chi connectivity index (χ1v) is 8.62. The van der Waals surface area contributed by atoms with Gasteiger partial charge in [-0.2, -0.15) is 0 Å². The second-order valence-corrected chi connectivity index (χ2v) is 6.56. The number of rotatable bonds is 2. The van der Waals surface area contributed by atoms with Crippen molar-refractivity contribution in [3.8, 4) is 5.75 Å². The van der Waals surface area contributed by atoms with Gasteiger partial charge in [0.1, 0.15) is 11.5 Å². The van der Waals surface area contributed by atoms with E-state index in [0.717, 1.165) is 39.0 Å². The van der Waals surface area contributed by atoms with Crippen molar-refractivity contribution in [3.05, 3.63) is 90.0 Å². The third-order valence-electron chi connectivity index (χ3n) is 4.57. The van der Waals surface area contributed by atoms with Crippen LogP contribution in [-0.4, -0.2) is 24.5 Å². The number of nitrogens with zero attached hydrogens (tertiary/aromatic N) is 1. The SMILES string of the molecule is C[N+](C)=C(N)/C=C1\C=C(c2ccccc2)Oc2c1ccc1ccccc21. The largest absolute Gasteiger partial charge is 0.455 e. The summed E-state index contributed by atoms with van der Waals surface area (Å²) >= 11 is 0. The molecular formula is C23H21N2O+.